The maximum absolute atomic E-state index is 13.0. The number of rotatable bonds is 5. The summed E-state index contributed by atoms with van der Waals surface area (Å²) < 4.78 is 29.8. The molecule has 10 heteroatoms. The number of carbonyl (C=O) groups is 1. The monoisotopic (exact) mass is 440 g/mol. The summed E-state index contributed by atoms with van der Waals surface area (Å²) in [4.78, 5) is 25.8. The van der Waals surface area contributed by atoms with Gasteiger partial charge in [-0.15, -0.1) is 4.40 Å². The number of nitrogens with one attached hydrogen (secondary N) is 2. The molecular weight excluding hydrogens is 420 g/mol. The number of hydrogen-bond acceptors (Lipinski definition) is 6. The second-order valence-electron chi connectivity index (χ2n) is 7.01. The van der Waals surface area contributed by atoms with Crippen LogP contribution in [0.5, 0.6) is 5.75 Å². The van der Waals surface area contributed by atoms with Crippen LogP contribution in [0.4, 0.5) is 5.69 Å². The van der Waals surface area contributed by atoms with Gasteiger partial charge in [0.2, 0.25) is 0 Å². The van der Waals surface area contributed by atoms with Crippen LogP contribution >= 0.6 is 0 Å². The first-order chi connectivity index (χ1) is 14.8. The van der Waals surface area contributed by atoms with Crippen LogP contribution in [-0.4, -0.2) is 36.4 Å². The Hall–Kier alpha value is -3.66. The zero-order chi connectivity index (χ0) is 22.2. The van der Waals surface area contributed by atoms with E-state index in [-0.39, 0.29) is 17.3 Å². The van der Waals surface area contributed by atoms with E-state index in [1.165, 1.54) is 10.6 Å². The Morgan fingerprint density at radius 1 is 1.16 bits per heavy atom. The molecule has 0 aliphatic carbocycles. The molecule has 1 amide bonds. The Labute approximate surface area is 178 Å². The second-order valence-corrected chi connectivity index (χ2v) is 8.59. The van der Waals surface area contributed by atoms with E-state index in [1.54, 1.807) is 42.5 Å². The summed E-state index contributed by atoms with van der Waals surface area (Å²) in [5.41, 5.74) is -0.135. The molecular formula is C21H20N4O5S. The molecule has 2 heterocycles. The lowest BCUT2D eigenvalue weighted by molar-refractivity contribution is 0.0954. The average Bonchev–Trinajstić information content (AvgIpc) is 2.75. The first kappa shape index (κ1) is 20.6. The van der Waals surface area contributed by atoms with Gasteiger partial charge in [-0.1, -0.05) is 31.2 Å². The molecule has 31 heavy (non-hydrogen) atoms. The summed E-state index contributed by atoms with van der Waals surface area (Å²) >= 11 is 0. The second kappa shape index (κ2) is 7.88. The molecule has 1 aromatic heterocycles. The van der Waals surface area contributed by atoms with Gasteiger partial charge < -0.3 is 20.3 Å². The number of anilines is 1. The minimum Gasteiger partial charge on any atom is -0.506 e. The normalized spacial score (nSPS) is 14.4. The van der Waals surface area contributed by atoms with E-state index in [4.69, 9.17) is 0 Å². The van der Waals surface area contributed by atoms with E-state index >= 15 is 0 Å². The lowest BCUT2D eigenvalue weighted by Gasteiger charge is -2.18. The Morgan fingerprint density at radius 2 is 1.87 bits per heavy atom. The largest absolute Gasteiger partial charge is 0.506 e. The number of aryl methyl sites for hydroxylation is 1. The first-order valence-corrected chi connectivity index (χ1v) is 11.1. The summed E-state index contributed by atoms with van der Waals surface area (Å²) in [5.74, 6) is -1.23. The van der Waals surface area contributed by atoms with E-state index in [0.29, 0.717) is 29.6 Å². The number of benzene rings is 2. The van der Waals surface area contributed by atoms with E-state index in [2.05, 4.69) is 15.0 Å². The van der Waals surface area contributed by atoms with E-state index < -0.39 is 32.8 Å². The summed E-state index contributed by atoms with van der Waals surface area (Å²) in [6, 6.07) is 13.1. The summed E-state index contributed by atoms with van der Waals surface area (Å²) in [6.07, 6.45) is 0.660. The molecule has 160 valence electrons. The number of aromatic hydroxyl groups is 1. The highest BCUT2D eigenvalue weighted by molar-refractivity contribution is 7.90. The predicted octanol–water partition coefficient (Wildman–Crippen LogP) is 2.06. The molecule has 3 aromatic rings. The highest BCUT2D eigenvalue weighted by Crippen LogP contribution is 2.27. The number of amidine groups is 1. The average molecular weight is 440 g/mol. The van der Waals surface area contributed by atoms with Crippen LogP contribution in [0.15, 0.2) is 62.6 Å². The van der Waals surface area contributed by atoms with Crippen molar-refractivity contribution in [3.05, 3.63) is 64.4 Å². The number of hydrogen-bond donors (Lipinski definition) is 3. The molecule has 0 atom stereocenters. The van der Waals surface area contributed by atoms with E-state index in [0.717, 1.165) is 0 Å². The predicted molar refractivity (Wildman–Crippen MR) is 117 cm³/mol. The van der Waals surface area contributed by atoms with Gasteiger partial charge in [0.15, 0.2) is 0 Å². The lowest BCUT2D eigenvalue weighted by atomic mass is 10.1. The third-order valence-electron chi connectivity index (χ3n) is 4.91. The molecule has 4 rings (SSSR count). The van der Waals surface area contributed by atoms with Gasteiger partial charge in [-0.2, -0.15) is 8.42 Å². The fourth-order valence-electron chi connectivity index (χ4n) is 3.54. The molecule has 0 saturated heterocycles. The summed E-state index contributed by atoms with van der Waals surface area (Å²) in [7, 11) is -3.90. The standard InChI is InChI=1S/C21H20N4O5S/c1-2-11-25-15-9-5-3-7-13(15)19(26)18(21(25)28)20(27)22-12-17-23-14-8-4-6-10-16(14)31(29,30)24-17/h3-10,26H,2,11-12H2,1H3,(H,22,27)(H,23,24). The van der Waals surface area contributed by atoms with Crippen molar-refractivity contribution in [1.82, 2.24) is 9.88 Å². The third-order valence-corrected chi connectivity index (χ3v) is 6.28. The van der Waals surface area contributed by atoms with Gasteiger partial charge in [0.25, 0.3) is 21.5 Å². The van der Waals surface area contributed by atoms with Crippen LogP contribution in [0.1, 0.15) is 23.7 Å². The highest BCUT2D eigenvalue weighted by Gasteiger charge is 2.26. The number of amides is 1. The molecule has 0 saturated carbocycles. The third kappa shape index (κ3) is 3.66. The van der Waals surface area contributed by atoms with Crippen molar-refractivity contribution in [2.45, 2.75) is 24.8 Å². The minimum atomic E-state index is -3.90. The number of pyridine rings is 1. The van der Waals surface area contributed by atoms with Crippen molar-refractivity contribution in [2.24, 2.45) is 4.40 Å². The molecule has 0 radical (unpaired) electrons. The van der Waals surface area contributed by atoms with E-state index in [9.17, 15) is 23.1 Å². The molecule has 0 unspecified atom stereocenters. The van der Waals surface area contributed by atoms with Crippen molar-refractivity contribution in [1.29, 1.82) is 0 Å². The number of fused-ring (bicyclic) bond motifs is 2. The molecule has 3 N–H and O–H groups in total. The lowest BCUT2D eigenvalue weighted by Crippen LogP contribution is -2.38. The van der Waals surface area contributed by atoms with Gasteiger partial charge in [-0.05, 0) is 30.7 Å². The smallest absolute Gasteiger partial charge is 0.286 e. The number of nitrogens with zero attached hydrogens (tertiary/aromatic N) is 2. The Balaban J connectivity index is 1.66. The van der Waals surface area contributed by atoms with Crippen molar-refractivity contribution in [3.63, 3.8) is 0 Å². The van der Waals surface area contributed by atoms with Crippen LogP contribution in [0.25, 0.3) is 10.9 Å². The Kier molecular flexibility index (Phi) is 5.24. The van der Waals surface area contributed by atoms with Crippen LogP contribution in [0.2, 0.25) is 0 Å². The Morgan fingerprint density at radius 3 is 2.65 bits per heavy atom. The summed E-state index contributed by atoms with van der Waals surface area (Å²) in [5, 5.41) is 16.4. The molecule has 9 nitrogen and oxygen atoms in total. The van der Waals surface area contributed by atoms with Gasteiger partial charge in [0.05, 0.1) is 17.7 Å². The molecule has 0 bridgehead atoms. The minimum absolute atomic E-state index is 0.00112. The SMILES string of the molecule is CCCn1c(=O)c(C(=O)NCC2=NS(=O)(=O)c3ccccc3N2)c(O)c2ccccc21. The molecule has 2 aromatic carbocycles. The van der Waals surface area contributed by atoms with Gasteiger partial charge in [0.1, 0.15) is 22.0 Å². The fourth-order valence-corrected chi connectivity index (χ4v) is 4.68. The van der Waals surface area contributed by atoms with Crippen LogP contribution in [-0.2, 0) is 16.6 Å². The van der Waals surface area contributed by atoms with E-state index in [1.807, 2.05) is 6.92 Å². The van der Waals surface area contributed by atoms with Crippen molar-refractivity contribution in [2.75, 3.05) is 11.9 Å². The number of aromatic nitrogens is 1. The van der Waals surface area contributed by atoms with Gasteiger partial charge >= 0.3 is 0 Å². The first-order valence-electron chi connectivity index (χ1n) is 9.66. The van der Waals surface area contributed by atoms with Gasteiger partial charge in [-0.25, -0.2) is 0 Å². The van der Waals surface area contributed by atoms with Crippen LogP contribution < -0.4 is 16.2 Å². The molecule has 1 aliphatic rings. The van der Waals surface area contributed by atoms with Crippen molar-refractivity contribution in [3.8, 4) is 5.75 Å². The zero-order valence-corrected chi connectivity index (χ0v) is 17.4. The van der Waals surface area contributed by atoms with Crippen molar-refractivity contribution < 1.29 is 18.3 Å². The quantitative estimate of drug-likeness (QED) is 0.557. The highest BCUT2D eigenvalue weighted by atomic mass is 32.2. The molecule has 0 fully saturated rings. The summed E-state index contributed by atoms with van der Waals surface area (Å²) in [6.45, 7) is 2.01. The fraction of sp³-hybridized carbons (Fsp3) is 0.190. The van der Waals surface area contributed by atoms with Gasteiger partial charge in [0, 0.05) is 11.9 Å². The maximum atomic E-state index is 13.0. The number of sulfonamides is 1. The number of para-hydroxylation sites is 2. The van der Waals surface area contributed by atoms with Crippen LogP contribution in [0, 0.1) is 0 Å². The molecule has 1 aliphatic heterocycles. The topological polar surface area (TPSA) is 130 Å². The zero-order valence-electron chi connectivity index (χ0n) is 16.6. The van der Waals surface area contributed by atoms with Crippen molar-refractivity contribution >= 4 is 38.4 Å². The van der Waals surface area contributed by atoms with Crippen LogP contribution in [0.3, 0.4) is 0 Å². The Bertz CT molecular complexity index is 1390. The van der Waals surface area contributed by atoms with Gasteiger partial charge in [-0.3, -0.25) is 9.59 Å². The molecule has 0 spiro atoms. The number of carbonyl (C=O) groups excluding carboxylic acids is 1. The maximum Gasteiger partial charge on any atom is 0.286 e.